The number of rotatable bonds is 15. The molecule has 150 heavy (non-hydrogen) atoms. The topological polar surface area (TPSA) is 29.6 Å². The fraction of sp³-hybridized carbons (Fsp3) is 0. The van der Waals surface area contributed by atoms with Gasteiger partial charge in [-0.3, -0.25) is 0 Å². The molecule has 24 aromatic carbocycles. The molecule has 0 aliphatic rings. The first-order valence-electron chi connectivity index (χ1n) is 51.6. The van der Waals surface area contributed by atoms with E-state index in [1.807, 2.05) is 0 Å². The van der Waals surface area contributed by atoms with Gasteiger partial charge in [-0.2, -0.15) is 0 Å². The Morgan fingerprint density at radius 3 is 0.500 bits per heavy atom. The standard InChI is InChI=1S/3C48H32N2/c1-4-13-33(14-5-1)35-17-12-20-40(29-35)50-45-22-11-10-21-41(45)42-31-37(24-27-46(42)50)38-25-28-48-44(32-38)43-30-36(34-15-6-2-7-16-34)23-26-47(43)49(48)39-18-8-3-9-19-39;1-4-12-33(13-5-1)35-20-25-40(26-21-35)49-45-19-11-10-18-41(45)43-30-36(23-28-46(43)49)37-24-29-47-44(31-37)42-27-22-38(34-14-6-2-7-15-34)32-48(42)50(47)39-16-8-3-9-17-39;1-4-12-33(13-5-1)35-20-25-40(26-21-35)50-45-19-11-10-18-41(45)42-31-37(23-28-46(42)50)38-24-29-48-44(32-38)43-30-36(34-14-6-2-7-15-34)22-27-47(43)49(48)39-16-8-3-9-17-39/h3*1-32H. The summed E-state index contributed by atoms with van der Waals surface area (Å²) in [5.74, 6) is 0. The van der Waals surface area contributed by atoms with E-state index in [1.165, 1.54) is 242 Å². The lowest BCUT2D eigenvalue weighted by atomic mass is 9.99. The molecule has 0 radical (unpaired) electrons. The van der Waals surface area contributed by atoms with Crippen molar-refractivity contribution in [2.75, 3.05) is 0 Å². The van der Waals surface area contributed by atoms with Crippen molar-refractivity contribution in [1.82, 2.24) is 27.4 Å². The van der Waals surface area contributed by atoms with Gasteiger partial charge in [0.05, 0.1) is 66.2 Å². The molecule has 0 spiro atoms. The Morgan fingerprint density at radius 1 is 0.0733 bits per heavy atom. The third-order valence-electron chi connectivity index (χ3n) is 30.4. The minimum absolute atomic E-state index is 1.16. The van der Waals surface area contributed by atoms with E-state index in [2.05, 4.69) is 610 Å². The van der Waals surface area contributed by atoms with E-state index < -0.39 is 0 Å². The summed E-state index contributed by atoms with van der Waals surface area (Å²) in [6, 6.07) is 211. The summed E-state index contributed by atoms with van der Waals surface area (Å²) in [5, 5.41) is 15.0. The molecule has 0 saturated heterocycles. The van der Waals surface area contributed by atoms with Crippen molar-refractivity contribution in [2.24, 2.45) is 0 Å². The Balaban J connectivity index is 0.000000108. The fourth-order valence-electron chi connectivity index (χ4n) is 23.2. The second-order valence-electron chi connectivity index (χ2n) is 39.0. The molecular formula is C144H96N6. The number of para-hydroxylation sites is 6. The van der Waals surface area contributed by atoms with E-state index in [1.54, 1.807) is 0 Å². The summed E-state index contributed by atoms with van der Waals surface area (Å²) in [7, 11) is 0. The number of aromatic nitrogens is 6. The number of nitrogens with zero attached hydrogens (tertiary/aromatic N) is 6. The quantitative estimate of drug-likeness (QED) is 0.0979. The van der Waals surface area contributed by atoms with E-state index in [0.717, 1.165) is 22.7 Å². The monoisotopic (exact) mass is 1910 g/mol. The highest BCUT2D eigenvalue weighted by Crippen LogP contribution is 2.47. The van der Waals surface area contributed by atoms with Crippen LogP contribution in [-0.4, -0.2) is 27.4 Å². The molecule has 0 bridgehead atoms. The first-order chi connectivity index (χ1) is 74.4. The smallest absolute Gasteiger partial charge is 0.0547 e. The maximum absolute atomic E-state index is 2.41. The first-order valence-corrected chi connectivity index (χ1v) is 51.6. The molecule has 0 atom stereocenters. The van der Waals surface area contributed by atoms with E-state index in [9.17, 15) is 0 Å². The summed E-state index contributed by atoms with van der Waals surface area (Å²) >= 11 is 0. The molecule has 702 valence electrons. The Bertz CT molecular complexity index is 10400. The van der Waals surface area contributed by atoms with Gasteiger partial charge >= 0.3 is 0 Å². The van der Waals surface area contributed by atoms with Crippen molar-refractivity contribution in [3.05, 3.63) is 582 Å². The van der Waals surface area contributed by atoms with Gasteiger partial charge in [0.1, 0.15) is 0 Å². The molecule has 30 rings (SSSR count). The van der Waals surface area contributed by atoms with Crippen LogP contribution in [-0.2, 0) is 0 Å². The third-order valence-corrected chi connectivity index (χ3v) is 30.4. The third kappa shape index (κ3) is 15.6. The van der Waals surface area contributed by atoms with E-state index in [0.29, 0.717) is 0 Å². The van der Waals surface area contributed by atoms with Crippen molar-refractivity contribution in [3.8, 4) is 134 Å². The molecule has 0 amide bonds. The highest BCUT2D eigenvalue weighted by molar-refractivity contribution is 6.18. The minimum atomic E-state index is 1.16. The molecule has 0 aliphatic carbocycles. The molecule has 0 fully saturated rings. The normalized spacial score (nSPS) is 11.6. The van der Waals surface area contributed by atoms with Crippen LogP contribution < -0.4 is 0 Å². The van der Waals surface area contributed by atoms with Gasteiger partial charge in [0, 0.05) is 98.8 Å². The molecular weight excluding hydrogens is 1810 g/mol. The largest absolute Gasteiger partial charge is 0.309 e. The predicted molar refractivity (Wildman–Crippen MR) is 634 cm³/mol. The van der Waals surface area contributed by atoms with Crippen molar-refractivity contribution in [2.45, 2.75) is 0 Å². The van der Waals surface area contributed by atoms with Gasteiger partial charge in [-0.05, 0) is 294 Å². The Hall–Kier alpha value is -19.9. The summed E-state index contributed by atoms with van der Waals surface area (Å²) in [4.78, 5) is 0. The van der Waals surface area contributed by atoms with Crippen molar-refractivity contribution in [1.29, 1.82) is 0 Å². The SMILES string of the molecule is c1ccc(-c2ccc(-n3c4ccccc4c4cc(-c5ccc6c(c5)c5cc(-c7ccccc7)ccc5n6-c5ccccc5)ccc43)cc2)cc1.c1ccc(-c2ccc(-n3c4ccccc4c4cc(-c5ccc6c(c5)c5ccc(-c7ccccc7)cc5n6-c5ccccc5)ccc43)cc2)cc1.c1ccc(-c2cccc(-n3c4ccccc4c4cc(-c5ccc6c(c5)c5cc(-c7ccccc7)ccc5n6-c5ccccc5)ccc43)c2)cc1. The van der Waals surface area contributed by atoms with E-state index in [4.69, 9.17) is 0 Å². The van der Waals surface area contributed by atoms with Crippen LogP contribution in [0.5, 0.6) is 0 Å². The second kappa shape index (κ2) is 37.4. The average Bonchev–Trinajstić information content (AvgIpc) is 1.59. The van der Waals surface area contributed by atoms with Gasteiger partial charge in [-0.25, -0.2) is 0 Å². The zero-order valence-electron chi connectivity index (χ0n) is 82.1. The number of fused-ring (bicyclic) bond motifs is 18. The van der Waals surface area contributed by atoms with Crippen LogP contribution in [0.1, 0.15) is 0 Å². The van der Waals surface area contributed by atoms with Crippen molar-refractivity contribution >= 4 is 131 Å². The molecule has 0 aliphatic heterocycles. The molecule has 6 aromatic heterocycles. The lowest BCUT2D eigenvalue weighted by Gasteiger charge is -2.11. The number of hydrogen-bond donors (Lipinski definition) is 0. The maximum atomic E-state index is 2.41. The fourth-order valence-corrected chi connectivity index (χ4v) is 23.2. The summed E-state index contributed by atoms with van der Waals surface area (Å²) in [6.07, 6.45) is 0. The van der Waals surface area contributed by atoms with Gasteiger partial charge in [0.25, 0.3) is 0 Å². The van der Waals surface area contributed by atoms with Crippen molar-refractivity contribution in [3.63, 3.8) is 0 Å². The van der Waals surface area contributed by atoms with Gasteiger partial charge in [-0.15, -0.1) is 0 Å². The van der Waals surface area contributed by atoms with Crippen molar-refractivity contribution < 1.29 is 0 Å². The van der Waals surface area contributed by atoms with Crippen LogP contribution in [0.3, 0.4) is 0 Å². The Morgan fingerprint density at radius 2 is 0.227 bits per heavy atom. The zero-order valence-corrected chi connectivity index (χ0v) is 82.1. The Labute approximate surface area is 868 Å². The van der Waals surface area contributed by atoms with E-state index in [-0.39, 0.29) is 0 Å². The number of benzene rings is 24. The van der Waals surface area contributed by atoms with Crippen LogP contribution in [0.2, 0.25) is 0 Å². The maximum Gasteiger partial charge on any atom is 0.0547 e. The van der Waals surface area contributed by atoms with Crippen LogP contribution in [0.15, 0.2) is 582 Å². The average molecular weight is 1910 g/mol. The molecule has 30 aromatic rings. The number of hydrogen-bond acceptors (Lipinski definition) is 0. The lowest BCUT2D eigenvalue weighted by Crippen LogP contribution is -1.94. The molecule has 6 heterocycles. The van der Waals surface area contributed by atoms with Gasteiger partial charge in [0.15, 0.2) is 0 Å². The van der Waals surface area contributed by atoms with Gasteiger partial charge < -0.3 is 27.4 Å². The molecule has 6 nitrogen and oxygen atoms in total. The lowest BCUT2D eigenvalue weighted by molar-refractivity contribution is 1.18. The second-order valence-corrected chi connectivity index (χ2v) is 39.0. The molecule has 0 saturated carbocycles. The van der Waals surface area contributed by atoms with Crippen LogP contribution in [0.4, 0.5) is 0 Å². The first kappa shape index (κ1) is 87.8. The molecule has 6 heteroatoms. The van der Waals surface area contributed by atoms with Crippen LogP contribution in [0.25, 0.3) is 265 Å². The van der Waals surface area contributed by atoms with Gasteiger partial charge in [-0.1, -0.05) is 388 Å². The molecule has 0 N–H and O–H groups in total. The zero-order chi connectivity index (χ0) is 99.1. The minimum Gasteiger partial charge on any atom is -0.309 e. The Kier molecular flexibility index (Phi) is 21.9. The summed E-state index contributed by atoms with van der Waals surface area (Å²) in [5.41, 5.74) is 43.4. The van der Waals surface area contributed by atoms with Crippen LogP contribution >= 0.6 is 0 Å². The summed E-state index contributed by atoms with van der Waals surface area (Å²) < 4.78 is 14.4. The molecule has 0 unspecified atom stereocenters. The summed E-state index contributed by atoms with van der Waals surface area (Å²) in [6.45, 7) is 0. The highest BCUT2D eigenvalue weighted by Gasteiger charge is 2.24. The highest BCUT2D eigenvalue weighted by atomic mass is 15.0. The van der Waals surface area contributed by atoms with Crippen LogP contribution in [0, 0.1) is 0 Å². The van der Waals surface area contributed by atoms with E-state index >= 15 is 0 Å². The van der Waals surface area contributed by atoms with Gasteiger partial charge in [0.2, 0.25) is 0 Å². The predicted octanol–water partition coefficient (Wildman–Crippen LogP) is 38.6.